The minimum absolute atomic E-state index is 0.203. The number of amides is 2. The van der Waals surface area contributed by atoms with Crippen LogP contribution in [0.15, 0.2) is 0 Å². The summed E-state index contributed by atoms with van der Waals surface area (Å²) in [7, 11) is 0. The Kier molecular flexibility index (Phi) is 5.43. The van der Waals surface area contributed by atoms with Gasteiger partial charge in [-0.3, -0.25) is 4.79 Å². The van der Waals surface area contributed by atoms with Crippen molar-refractivity contribution in [1.82, 2.24) is 10.2 Å². The normalized spacial score (nSPS) is 25.5. The number of nitrogens with zero attached hydrogens (tertiary/aromatic N) is 2. The summed E-state index contributed by atoms with van der Waals surface area (Å²) >= 11 is 0. The maximum atomic E-state index is 12.4. The predicted octanol–water partition coefficient (Wildman–Crippen LogP) is 2.11. The third-order valence-electron chi connectivity index (χ3n) is 4.36. The van der Waals surface area contributed by atoms with Crippen LogP contribution in [0.5, 0.6) is 0 Å². The quantitative estimate of drug-likeness (QED) is 0.759. The number of carbonyl (C=O) groups is 2. The first kappa shape index (κ1) is 15.6. The lowest BCUT2D eigenvalue weighted by atomic mass is 9.95. The number of carboxylic acid groups (broad SMARTS) is 1. The molecule has 0 aliphatic heterocycles. The lowest BCUT2D eigenvalue weighted by Gasteiger charge is -2.28. The minimum atomic E-state index is -0.822. The molecule has 116 valence electrons. The molecule has 0 spiro atoms. The van der Waals surface area contributed by atoms with Crippen LogP contribution in [0.2, 0.25) is 0 Å². The zero-order valence-corrected chi connectivity index (χ0v) is 12.3. The third-order valence-corrected chi connectivity index (χ3v) is 4.36. The fourth-order valence-electron chi connectivity index (χ4n) is 3.02. The van der Waals surface area contributed by atoms with E-state index >= 15 is 0 Å². The number of carboxylic acids is 1. The maximum Gasteiger partial charge on any atom is 0.317 e. The van der Waals surface area contributed by atoms with Gasteiger partial charge >= 0.3 is 12.0 Å². The molecular weight excluding hydrogens is 270 g/mol. The van der Waals surface area contributed by atoms with E-state index in [2.05, 4.69) is 11.4 Å². The highest BCUT2D eigenvalue weighted by Crippen LogP contribution is 2.28. The Balaban J connectivity index is 1.97. The summed E-state index contributed by atoms with van der Waals surface area (Å²) < 4.78 is 0. The van der Waals surface area contributed by atoms with Gasteiger partial charge in [-0.25, -0.2) is 4.79 Å². The summed E-state index contributed by atoms with van der Waals surface area (Å²) in [6.45, 7) is 0.428. The molecule has 2 rings (SSSR count). The number of aliphatic carboxylic acids is 1. The maximum absolute atomic E-state index is 12.4. The van der Waals surface area contributed by atoms with Gasteiger partial charge in [0.25, 0.3) is 0 Å². The Hall–Kier alpha value is -1.77. The van der Waals surface area contributed by atoms with Gasteiger partial charge in [0.1, 0.15) is 0 Å². The van der Waals surface area contributed by atoms with Crippen molar-refractivity contribution in [3.05, 3.63) is 0 Å². The van der Waals surface area contributed by atoms with Crippen molar-refractivity contribution in [1.29, 1.82) is 5.26 Å². The number of carbonyl (C=O) groups excluding carboxylic acids is 1. The molecular formula is C15H23N3O3. The number of urea groups is 1. The van der Waals surface area contributed by atoms with Crippen molar-refractivity contribution in [3.8, 4) is 6.07 Å². The van der Waals surface area contributed by atoms with Crippen molar-refractivity contribution in [2.45, 2.75) is 63.5 Å². The van der Waals surface area contributed by atoms with Gasteiger partial charge in [-0.15, -0.1) is 0 Å². The first-order valence-electron chi connectivity index (χ1n) is 7.80. The molecule has 0 saturated heterocycles. The largest absolute Gasteiger partial charge is 0.481 e. The summed E-state index contributed by atoms with van der Waals surface area (Å²) in [6.07, 6.45) is 6.51. The van der Waals surface area contributed by atoms with E-state index in [4.69, 9.17) is 5.26 Å². The van der Waals surface area contributed by atoms with E-state index in [0.29, 0.717) is 19.4 Å². The van der Waals surface area contributed by atoms with E-state index in [-0.39, 0.29) is 18.1 Å². The molecule has 2 N–H and O–H groups in total. The van der Waals surface area contributed by atoms with Crippen LogP contribution in [0.25, 0.3) is 0 Å². The van der Waals surface area contributed by atoms with Crippen molar-refractivity contribution in [2.24, 2.45) is 5.92 Å². The molecule has 6 heteroatoms. The lowest BCUT2D eigenvalue weighted by molar-refractivity contribution is -0.142. The van der Waals surface area contributed by atoms with Crippen molar-refractivity contribution in [2.75, 3.05) is 6.54 Å². The highest BCUT2D eigenvalue weighted by molar-refractivity contribution is 5.77. The van der Waals surface area contributed by atoms with Gasteiger partial charge < -0.3 is 15.3 Å². The summed E-state index contributed by atoms with van der Waals surface area (Å²) in [5.74, 6) is -1.31. The molecule has 2 unspecified atom stereocenters. The van der Waals surface area contributed by atoms with Crippen LogP contribution in [0.1, 0.15) is 51.4 Å². The zero-order chi connectivity index (χ0) is 15.2. The average molecular weight is 293 g/mol. The minimum Gasteiger partial charge on any atom is -0.481 e. The Bertz CT molecular complexity index is 428. The van der Waals surface area contributed by atoms with Crippen LogP contribution < -0.4 is 5.32 Å². The molecule has 6 nitrogen and oxygen atoms in total. The molecule has 0 aromatic heterocycles. The molecule has 0 radical (unpaired) electrons. The Morgan fingerprint density at radius 3 is 2.52 bits per heavy atom. The molecule has 2 fully saturated rings. The topological polar surface area (TPSA) is 93.4 Å². The van der Waals surface area contributed by atoms with Crippen molar-refractivity contribution < 1.29 is 14.7 Å². The first-order chi connectivity index (χ1) is 10.1. The van der Waals surface area contributed by atoms with Gasteiger partial charge in [-0.2, -0.15) is 5.26 Å². The molecule has 2 aliphatic rings. The predicted molar refractivity (Wildman–Crippen MR) is 76.5 cm³/mol. The smallest absolute Gasteiger partial charge is 0.317 e. The number of nitriles is 1. The fourth-order valence-corrected chi connectivity index (χ4v) is 3.02. The van der Waals surface area contributed by atoms with Gasteiger partial charge in [0.2, 0.25) is 0 Å². The standard InChI is InChI=1S/C15H23N3O3/c16-9-4-10-18(11-7-8-11)15(21)17-13-6-3-1-2-5-12(13)14(19)20/h11-13H,1-8,10H2,(H,17,21)(H,19,20). The van der Waals surface area contributed by atoms with Crippen LogP contribution in [0, 0.1) is 17.2 Å². The van der Waals surface area contributed by atoms with E-state index in [1.165, 1.54) is 0 Å². The number of nitrogens with one attached hydrogen (secondary N) is 1. The number of rotatable bonds is 5. The Morgan fingerprint density at radius 1 is 1.19 bits per heavy atom. The van der Waals surface area contributed by atoms with Gasteiger partial charge in [-0.05, 0) is 25.7 Å². The highest BCUT2D eigenvalue weighted by atomic mass is 16.4. The van der Waals surface area contributed by atoms with E-state index in [1.807, 2.05) is 0 Å². The molecule has 0 aromatic rings. The fraction of sp³-hybridized carbons (Fsp3) is 0.800. The third kappa shape index (κ3) is 4.35. The summed E-state index contributed by atoms with van der Waals surface area (Å²) in [5, 5.41) is 20.9. The van der Waals surface area contributed by atoms with Gasteiger partial charge in [0.15, 0.2) is 0 Å². The highest BCUT2D eigenvalue weighted by Gasteiger charge is 2.36. The molecule has 0 bridgehead atoms. The zero-order valence-electron chi connectivity index (χ0n) is 12.3. The van der Waals surface area contributed by atoms with Crippen LogP contribution >= 0.6 is 0 Å². The van der Waals surface area contributed by atoms with E-state index in [9.17, 15) is 14.7 Å². The summed E-state index contributed by atoms with van der Waals surface area (Å²) in [6, 6.07) is 1.80. The van der Waals surface area contributed by atoms with Crippen molar-refractivity contribution >= 4 is 12.0 Å². The summed E-state index contributed by atoms with van der Waals surface area (Å²) in [4.78, 5) is 25.5. The van der Waals surface area contributed by atoms with Gasteiger partial charge in [-0.1, -0.05) is 19.3 Å². The summed E-state index contributed by atoms with van der Waals surface area (Å²) in [5.41, 5.74) is 0. The second-order valence-corrected chi connectivity index (χ2v) is 5.97. The molecule has 2 amide bonds. The van der Waals surface area contributed by atoms with E-state index in [0.717, 1.165) is 38.5 Å². The van der Waals surface area contributed by atoms with Gasteiger partial charge in [0.05, 0.1) is 18.4 Å². The average Bonchev–Trinajstić information content (AvgIpc) is 3.26. The Labute approximate surface area is 125 Å². The SMILES string of the molecule is N#CCCN(C(=O)NC1CCCCCC1C(=O)O)C1CC1. The van der Waals surface area contributed by atoms with E-state index < -0.39 is 11.9 Å². The second-order valence-electron chi connectivity index (χ2n) is 5.97. The molecule has 0 heterocycles. The second kappa shape index (κ2) is 7.30. The first-order valence-corrected chi connectivity index (χ1v) is 7.80. The molecule has 0 aromatic carbocycles. The van der Waals surface area contributed by atoms with E-state index in [1.54, 1.807) is 4.90 Å². The number of hydrogen-bond donors (Lipinski definition) is 2. The van der Waals surface area contributed by atoms with Crippen molar-refractivity contribution in [3.63, 3.8) is 0 Å². The van der Waals surface area contributed by atoms with Crippen LogP contribution in [0.4, 0.5) is 4.79 Å². The van der Waals surface area contributed by atoms with Crippen LogP contribution in [0.3, 0.4) is 0 Å². The van der Waals surface area contributed by atoms with Gasteiger partial charge in [0, 0.05) is 18.6 Å². The Morgan fingerprint density at radius 2 is 1.90 bits per heavy atom. The molecule has 2 aliphatic carbocycles. The van der Waals surface area contributed by atoms with Crippen LogP contribution in [-0.4, -0.2) is 40.6 Å². The van der Waals surface area contributed by atoms with Crippen LogP contribution in [-0.2, 0) is 4.79 Å². The molecule has 21 heavy (non-hydrogen) atoms. The monoisotopic (exact) mass is 293 g/mol. The lowest BCUT2D eigenvalue weighted by Crippen LogP contribution is -2.49. The molecule has 2 saturated carbocycles. The molecule has 2 atom stereocenters. The number of hydrogen-bond acceptors (Lipinski definition) is 3.